The van der Waals surface area contributed by atoms with Crippen LogP contribution in [0.3, 0.4) is 0 Å². The molecule has 1 heterocycles. The van der Waals surface area contributed by atoms with E-state index in [2.05, 4.69) is 37.5 Å². The Morgan fingerprint density at radius 3 is 2.62 bits per heavy atom. The van der Waals surface area contributed by atoms with Crippen molar-refractivity contribution in [2.45, 2.75) is 33.7 Å². The summed E-state index contributed by atoms with van der Waals surface area (Å²) in [4.78, 5) is 15.8. The Balaban J connectivity index is 2.19. The Labute approximate surface area is 141 Å². The lowest BCUT2D eigenvalue weighted by atomic mass is 10.1. The molecule has 4 heteroatoms. The Bertz CT molecular complexity index is 894. The zero-order valence-electron chi connectivity index (χ0n) is 14.3. The van der Waals surface area contributed by atoms with Gasteiger partial charge in [0.25, 0.3) is 0 Å². The van der Waals surface area contributed by atoms with E-state index in [9.17, 15) is 4.79 Å². The molecule has 3 rings (SSSR count). The molecule has 4 nitrogen and oxygen atoms in total. The molecule has 0 saturated carbocycles. The van der Waals surface area contributed by atoms with E-state index in [1.54, 1.807) is 0 Å². The molecule has 0 radical (unpaired) electrons. The molecule has 0 aliphatic rings. The van der Waals surface area contributed by atoms with Gasteiger partial charge in [0, 0.05) is 12.1 Å². The van der Waals surface area contributed by atoms with Crippen LogP contribution in [0.25, 0.3) is 22.4 Å². The molecular weight excluding hydrogens is 300 g/mol. The van der Waals surface area contributed by atoms with Crippen LogP contribution in [0.5, 0.6) is 0 Å². The molecule has 0 amide bonds. The maximum absolute atomic E-state index is 11.0. The number of fused-ring (bicyclic) bond motifs is 1. The van der Waals surface area contributed by atoms with E-state index >= 15 is 0 Å². The first-order chi connectivity index (χ1) is 11.5. The van der Waals surface area contributed by atoms with Gasteiger partial charge < -0.3 is 9.67 Å². The predicted molar refractivity (Wildman–Crippen MR) is 96.1 cm³/mol. The summed E-state index contributed by atoms with van der Waals surface area (Å²) in [5, 5.41) is 9.01. The molecule has 0 saturated heterocycles. The quantitative estimate of drug-likeness (QED) is 0.762. The molecule has 3 aromatic rings. The van der Waals surface area contributed by atoms with Crippen LogP contribution in [0.2, 0.25) is 0 Å². The van der Waals surface area contributed by atoms with Crippen molar-refractivity contribution >= 4 is 17.0 Å². The second-order valence-corrected chi connectivity index (χ2v) is 6.65. The summed E-state index contributed by atoms with van der Waals surface area (Å²) in [6, 6.07) is 14.0. The molecule has 0 aliphatic heterocycles. The van der Waals surface area contributed by atoms with Crippen LogP contribution in [0.4, 0.5) is 0 Å². The number of rotatable bonds is 5. The summed E-state index contributed by atoms with van der Waals surface area (Å²) in [6.07, 6.45) is 0.0205. The second-order valence-electron chi connectivity index (χ2n) is 6.65. The van der Waals surface area contributed by atoms with Crippen LogP contribution in [-0.4, -0.2) is 20.6 Å². The van der Waals surface area contributed by atoms with Crippen molar-refractivity contribution < 1.29 is 9.90 Å². The van der Waals surface area contributed by atoms with Gasteiger partial charge >= 0.3 is 5.97 Å². The molecule has 0 unspecified atom stereocenters. The number of benzene rings is 2. The van der Waals surface area contributed by atoms with Gasteiger partial charge in [0.05, 0.1) is 17.5 Å². The maximum atomic E-state index is 11.0. The van der Waals surface area contributed by atoms with Crippen LogP contribution >= 0.6 is 0 Å². The SMILES string of the molecule is Cc1ccccc1-c1nc2cc(CC(=O)O)ccc2n1CC(C)C. The van der Waals surface area contributed by atoms with E-state index < -0.39 is 5.97 Å². The van der Waals surface area contributed by atoms with Gasteiger partial charge in [0.15, 0.2) is 0 Å². The first kappa shape index (κ1) is 16.2. The number of aromatic nitrogens is 2. The number of carbonyl (C=O) groups is 1. The minimum absolute atomic E-state index is 0.0205. The summed E-state index contributed by atoms with van der Waals surface area (Å²) in [7, 11) is 0. The van der Waals surface area contributed by atoms with Crippen LogP contribution in [-0.2, 0) is 17.8 Å². The molecule has 24 heavy (non-hydrogen) atoms. The number of hydrogen-bond acceptors (Lipinski definition) is 2. The molecule has 1 N–H and O–H groups in total. The Morgan fingerprint density at radius 1 is 1.21 bits per heavy atom. The highest BCUT2D eigenvalue weighted by Crippen LogP contribution is 2.28. The highest BCUT2D eigenvalue weighted by molar-refractivity contribution is 5.83. The lowest BCUT2D eigenvalue weighted by molar-refractivity contribution is -0.136. The summed E-state index contributed by atoms with van der Waals surface area (Å²) in [5.41, 5.74) is 4.99. The van der Waals surface area contributed by atoms with Gasteiger partial charge in [-0.3, -0.25) is 4.79 Å². The van der Waals surface area contributed by atoms with E-state index in [1.165, 1.54) is 5.56 Å². The third-order valence-corrected chi connectivity index (χ3v) is 4.10. The van der Waals surface area contributed by atoms with E-state index in [4.69, 9.17) is 10.1 Å². The maximum Gasteiger partial charge on any atom is 0.307 e. The average Bonchev–Trinajstić information content (AvgIpc) is 2.84. The zero-order valence-corrected chi connectivity index (χ0v) is 14.3. The molecule has 1 aromatic heterocycles. The zero-order chi connectivity index (χ0) is 17.3. The summed E-state index contributed by atoms with van der Waals surface area (Å²) in [6.45, 7) is 7.33. The van der Waals surface area contributed by atoms with Crippen molar-refractivity contribution in [3.8, 4) is 11.4 Å². The van der Waals surface area contributed by atoms with Gasteiger partial charge in [-0.25, -0.2) is 4.98 Å². The number of aliphatic carboxylic acids is 1. The number of aryl methyl sites for hydroxylation is 1. The molecule has 0 atom stereocenters. The topological polar surface area (TPSA) is 55.1 Å². The smallest absolute Gasteiger partial charge is 0.307 e. The summed E-state index contributed by atoms with van der Waals surface area (Å²) < 4.78 is 2.24. The first-order valence-electron chi connectivity index (χ1n) is 8.22. The standard InChI is InChI=1S/C20H22N2O2/c1-13(2)12-22-18-9-8-15(11-19(23)24)10-17(18)21-20(22)16-7-5-4-6-14(16)3/h4-10,13H,11-12H2,1-3H3,(H,23,24). The largest absolute Gasteiger partial charge is 0.481 e. The van der Waals surface area contributed by atoms with Crippen LogP contribution < -0.4 is 0 Å². The van der Waals surface area contributed by atoms with Gasteiger partial charge in [-0.05, 0) is 36.1 Å². The fourth-order valence-electron chi connectivity index (χ4n) is 3.04. The molecular formula is C20H22N2O2. The summed E-state index contributed by atoms with van der Waals surface area (Å²) >= 11 is 0. The highest BCUT2D eigenvalue weighted by atomic mass is 16.4. The molecule has 0 bridgehead atoms. The van der Waals surface area contributed by atoms with Crippen molar-refractivity contribution in [1.82, 2.24) is 9.55 Å². The number of carboxylic acids is 1. The van der Waals surface area contributed by atoms with Gasteiger partial charge in [-0.15, -0.1) is 0 Å². The third-order valence-electron chi connectivity index (χ3n) is 4.10. The van der Waals surface area contributed by atoms with Crippen LogP contribution in [0.15, 0.2) is 42.5 Å². The fraction of sp³-hybridized carbons (Fsp3) is 0.300. The van der Waals surface area contributed by atoms with Gasteiger partial charge in [-0.2, -0.15) is 0 Å². The number of carboxylic acid groups (broad SMARTS) is 1. The van der Waals surface area contributed by atoms with Gasteiger partial charge in [0.1, 0.15) is 5.82 Å². The lowest BCUT2D eigenvalue weighted by Crippen LogP contribution is -2.06. The van der Waals surface area contributed by atoms with Gasteiger partial charge in [-0.1, -0.05) is 44.2 Å². The summed E-state index contributed by atoms with van der Waals surface area (Å²) in [5.74, 6) is 0.614. The third kappa shape index (κ3) is 3.18. The normalized spacial score (nSPS) is 11.3. The van der Waals surface area contributed by atoms with Crippen LogP contribution in [0, 0.1) is 12.8 Å². The molecule has 0 spiro atoms. The lowest BCUT2D eigenvalue weighted by Gasteiger charge is -2.13. The van der Waals surface area contributed by atoms with E-state index in [-0.39, 0.29) is 6.42 Å². The predicted octanol–water partition coefficient (Wildman–Crippen LogP) is 4.29. The highest BCUT2D eigenvalue weighted by Gasteiger charge is 2.15. The van der Waals surface area contributed by atoms with Crippen molar-refractivity contribution in [1.29, 1.82) is 0 Å². The van der Waals surface area contributed by atoms with Crippen molar-refractivity contribution in [3.05, 3.63) is 53.6 Å². The number of nitrogens with zero attached hydrogens (tertiary/aromatic N) is 2. The Morgan fingerprint density at radius 2 is 1.96 bits per heavy atom. The monoisotopic (exact) mass is 322 g/mol. The molecule has 2 aromatic carbocycles. The Hall–Kier alpha value is -2.62. The van der Waals surface area contributed by atoms with Gasteiger partial charge in [0.2, 0.25) is 0 Å². The minimum Gasteiger partial charge on any atom is -0.481 e. The Kier molecular flexibility index (Phi) is 4.38. The number of hydrogen-bond donors (Lipinski definition) is 1. The minimum atomic E-state index is -0.824. The van der Waals surface area contributed by atoms with Crippen molar-refractivity contribution in [2.75, 3.05) is 0 Å². The van der Waals surface area contributed by atoms with Crippen molar-refractivity contribution in [3.63, 3.8) is 0 Å². The molecule has 0 fully saturated rings. The average molecular weight is 322 g/mol. The molecule has 124 valence electrons. The van der Waals surface area contributed by atoms with E-state index in [1.807, 2.05) is 30.3 Å². The number of imidazole rings is 1. The van der Waals surface area contributed by atoms with Crippen LogP contribution in [0.1, 0.15) is 25.0 Å². The molecule has 0 aliphatic carbocycles. The second kappa shape index (κ2) is 6.48. The van der Waals surface area contributed by atoms with Crippen molar-refractivity contribution in [2.24, 2.45) is 5.92 Å². The van der Waals surface area contributed by atoms with E-state index in [0.29, 0.717) is 5.92 Å². The first-order valence-corrected chi connectivity index (χ1v) is 8.22. The van der Waals surface area contributed by atoms with E-state index in [0.717, 1.165) is 34.5 Å². The fourth-order valence-corrected chi connectivity index (χ4v) is 3.04.